The summed E-state index contributed by atoms with van der Waals surface area (Å²) < 4.78 is 7.70. The van der Waals surface area contributed by atoms with Gasteiger partial charge in [0.05, 0.1) is 5.69 Å². The number of nitrogens with zero attached hydrogens (tertiary/aromatic N) is 3. The van der Waals surface area contributed by atoms with Crippen LogP contribution in [0.5, 0.6) is 0 Å². The standard InChI is InChI=1S/C29H32N4O/c1-17-4-6-23(7-5-17)27-28(31-29-14-20-10-21(15-29)12-22(11-20)16-29)33-9-8-24(13-25(33)30-27)26-18(2)32-34-19(26)3/h4-9,13,20-22,31H,10-12,14-16H2,1-3H3. The van der Waals surface area contributed by atoms with Crippen LogP contribution in [0.15, 0.2) is 47.1 Å². The van der Waals surface area contributed by atoms with E-state index < -0.39 is 0 Å². The topological polar surface area (TPSA) is 55.4 Å². The molecule has 0 radical (unpaired) electrons. The SMILES string of the molecule is Cc1ccc(-c2nc3cc(-c4c(C)noc4C)ccn3c2NC23CC4CC(CC(C4)C2)C3)cc1. The number of imidazole rings is 1. The average Bonchev–Trinajstić information content (AvgIpc) is 3.32. The zero-order valence-corrected chi connectivity index (χ0v) is 20.3. The Morgan fingerprint density at radius 3 is 2.21 bits per heavy atom. The number of pyridine rings is 1. The number of aromatic nitrogens is 3. The lowest BCUT2D eigenvalue weighted by molar-refractivity contribution is 0.0105. The molecule has 174 valence electrons. The van der Waals surface area contributed by atoms with Gasteiger partial charge in [-0.25, -0.2) is 4.98 Å². The first kappa shape index (κ1) is 20.3. The van der Waals surface area contributed by atoms with Crippen molar-refractivity contribution in [2.45, 2.75) is 64.8 Å². The first-order valence-electron chi connectivity index (χ1n) is 12.8. The van der Waals surface area contributed by atoms with Gasteiger partial charge in [0.15, 0.2) is 0 Å². The van der Waals surface area contributed by atoms with E-state index >= 15 is 0 Å². The fraction of sp³-hybridized carbons (Fsp3) is 0.448. The van der Waals surface area contributed by atoms with Crippen LogP contribution < -0.4 is 5.32 Å². The summed E-state index contributed by atoms with van der Waals surface area (Å²) in [7, 11) is 0. The molecule has 0 spiro atoms. The second-order valence-electron chi connectivity index (χ2n) is 11.3. The van der Waals surface area contributed by atoms with Crippen molar-refractivity contribution in [1.29, 1.82) is 0 Å². The van der Waals surface area contributed by atoms with Gasteiger partial charge in [0.2, 0.25) is 0 Å². The van der Waals surface area contributed by atoms with E-state index in [-0.39, 0.29) is 5.54 Å². The minimum absolute atomic E-state index is 0.213. The molecule has 34 heavy (non-hydrogen) atoms. The van der Waals surface area contributed by atoms with Gasteiger partial charge >= 0.3 is 0 Å². The third-order valence-corrected chi connectivity index (χ3v) is 8.69. The fourth-order valence-corrected chi connectivity index (χ4v) is 7.64. The number of benzene rings is 1. The molecule has 0 aliphatic heterocycles. The number of hydrogen-bond donors (Lipinski definition) is 1. The maximum atomic E-state index is 5.44. The molecule has 0 unspecified atom stereocenters. The van der Waals surface area contributed by atoms with Crippen molar-refractivity contribution in [3.8, 4) is 22.4 Å². The summed E-state index contributed by atoms with van der Waals surface area (Å²) in [5.74, 6) is 4.68. The maximum absolute atomic E-state index is 5.44. The van der Waals surface area contributed by atoms with Crippen LogP contribution in [0.4, 0.5) is 5.82 Å². The Hall–Kier alpha value is -3.08. The summed E-state index contributed by atoms with van der Waals surface area (Å²) in [5.41, 5.74) is 7.74. The normalized spacial score (nSPS) is 27.6. The van der Waals surface area contributed by atoms with Crippen LogP contribution >= 0.6 is 0 Å². The predicted molar refractivity (Wildman–Crippen MR) is 135 cm³/mol. The Labute approximate surface area is 200 Å². The molecular weight excluding hydrogens is 420 g/mol. The highest BCUT2D eigenvalue weighted by atomic mass is 16.5. The summed E-state index contributed by atoms with van der Waals surface area (Å²) in [6, 6.07) is 13.1. The molecule has 4 aliphatic rings. The first-order valence-corrected chi connectivity index (χ1v) is 12.8. The Morgan fingerprint density at radius 1 is 0.912 bits per heavy atom. The van der Waals surface area contributed by atoms with Crippen molar-refractivity contribution < 1.29 is 4.52 Å². The lowest BCUT2D eigenvalue weighted by atomic mass is 9.53. The highest BCUT2D eigenvalue weighted by molar-refractivity contribution is 5.80. The van der Waals surface area contributed by atoms with E-state index in [1.54, 1.807) is 0 Å². The molecule has 5 heteroatoms. The van der Waals surface area contributed by atoms with Gasteiger partial charge in [0, 0.05) is 22.9 Å². The highest BCUT2D eigenvalue weighted by Crippen LogP contribution is 2.57. The summed E-state index contributed by atoms with van der Waals surface area (Å²) in [4.78, 5) is 5.19. The molecular formula is C29H32N4O. The zero-order valence-electron chi connectivity index (χ0n) is 20.3. The Balaban J connectivity index is 1.37. The monoisotopic (exact) mass is 452 g/mol. The fourth-order valence-electron chi connectivity index (χ4n) is 7.64. The van der Waals surface area contributed by atoms with E-state index in [1.807, 2.05) is 13.8 Å². The van der Waals surface area contributed by atoms with E-state index in [9.17, 15) is 0 Å². The summed E-state index contributed by atoms with van der Waals surface area (Å²) >= 11 is 0. The van der Waals surface area contributed by atoms with Crippen LogP contribution in [0.3, 0.4) is 0 Å². The third kappa shape index (κ3) is 3.13. The van der Waals surface area contributed by atoms with Crippen molar-refractivity contribution in [1.82, 2.24) is 14.5 Å². The quantitative estimate of drug-likeness (QED) is 0.363. The molecule has 4 aliphatic carbocycles. The van der Waals surface area contributed by atoms with Gasteiger partial charge in [0.1, 0.15) is 22.9 Å². The van der Waals surface area contributed by atoms with Crippen molar-refractivity contribution in [2.24, 2.45) is 17.8 Å². The molecule has 3 heterocycles. The van der Waals surface area contributed by atoms with E-state index in [1.165, 1.54) is 49.7 Å². The number of rotatable bonds is 4. The van der Waals surface area contributed by atoms with Crippen LogP contribution in [-0.2, 0) is 0 Å². The van der Waals surface area contributed by atoms with Gasteiger partial charge in [0.25, 0.3) is 0 Å². The first-order chi connectivity index (χ1) is 16.5. The lowest BCUT2D eigenvalue weighted by Gasteiger charge is -2.57. The molecule has 5 nitrogen and oxygen atoms in total. The van der Waals surface area contributed by atoms with Gasteiger partial charge in [-0.1, -0.05) is 35.0 Å². The molecule has 0 atom stereocenters. The molecule has 1 N–H and O–H groups in total. The second kappa shape index (κ2) is 7.21. The van der Waals surface area contributed by atoms with Crippen LogP contribution in [-0.4, -0.2) is 20.1 Å². The van der Waals surface area contributed by atoms with Crippen molar-refractivity contribution in [3.05, 3.63) is 59.6 Å². The van der Waals surface area contributed by atoms with E-state index in [0.717, 1.165) is 57.5 Å². The number of anilines is 1. The predicted octanol–water partition coefficient (Wildman–Crippen LogP) is 6.96. The highest BCUT2D eigenvalue weighted by Gasteiger charge is 2.51. The Kier molecular flexibility index (Phi) is 4.31. The summed E-state index contributed by atoms with van der Waals surface area (Å²) in [6.07, 6.45) is 10.4. The van der Waals surface area contributed by atoms with Crippen LogP contribution in [0.2, 0.25) is 0 Å². The number of nitrogens with one attached hydrogen (secondary N) is 1. The van der Waals surface area contributed by atoms with E-state index in [4.69, 9.17) is 9.51 Å². The third-order valence-electron chi connectivity index (χ3n) is 8.69. The molecule has 1 aromatic carbocycles. The smallest absolute Gasteiger partial charge is 0.141 e. The lowest BCUT2D eigenvalue weighted by Crippen LogP contribution is -2.55. The summed E-state index contributed by atoms with van der Waals surface area (Å²) in [5, 5.41) is 8.30. The Bertz CT molecular complexity index is 1340. The molecule has 0 amide bonds. The second-order valence-corrected chi connectivity index (χ2v) is 11.3. The van der Waals surface area contributed by atoms with Gasteiger partial charge in [-0.2, -0.15) is 0 Å². The van der Waals surface area contributed by atoms with Crippen LogP contribution in [0, 0.1) is 38.5 Å². The van der Waals surface area contributed by atoms with Crippen LogP contribution in [0.1, 0.15) is 55.5 Å². The summed E-state index contributed by atoms with van der Waals surface area (Å²) in [6.45, 7) is 6.11. The number of aryl methyl sites for hydroxylation is 3. The minimum atomic E-state index is 0.213. The zero-order chi connectivity index (χ0) is 23.0. The van der Waals surface area contributed by atoms with Crippen molar-refractivity contribution in [3.63, 3.8) is 0 Å². The van der Waals surface area contributed by atoms with Gasteiger partial charge in [-0.05, 0) is 94.7 Å². The van der Waals surface area contributed by atoms with Gasteiger partial charge in [-0.3, -0.25) is 4.40 Å². The van der Waals surface area contributed by atoms with Crippen molar-refractivity contribution in [2.75, 3.05) is 5.32 Å². The largest absolute Gasteiger partial charge is 0.364 e. The van der Waals surface area contributed by atoms with Crippen molar-refractivity contribution >= 4 is 11.5 Å². The minimum Gasteiger partial charge on any atom is -0.364 e. The molecule has 4 saturated carbocycles. The molecule has 8 rings (SSSR count). The molecule has 4 aromatic rings. The van der Waals surface area contributed by atoms with Crippen LogP contribution in [0.25, 0.3) is 28.0 Å². The van der Waals surface area contributed by atoms with Gasteiger partial charge in [-0.15, -0.1) is 0 Å². The maximum Gasteiger partial charge on any atom is 0.141 e. The van der Waals surface area contributed by atoms with E-state index in [2.05, 4.69) is 64.4 Å². The molecule has 3 aromatic heterocycles. The number of hydrogen-bond acceptors (Lipinski definition) is 4. The molecule has 4 bridgehead atoms. The molecule has 4 fully saturated rings. The Morgan fingerprint density at radius 2 is 1.59 bits per heavy atom. The molecule has 0 saturated heterocycles. The van der Waals surface area contributed by atoms with Gasteiger partial charge < -0.3 is 9.84 Å². The van der Waals surface area contributed by atoms with E-state index in [0.29, 0.717) is 0 Å². The average molecular weight is 453 g/mol. The number of fused-ring (bicyclic) bond motifs is 1.